The number of carbonyl (C=O) groups is 1. The normalized spacial score (nSPS) is 11.1. The SMILES string of the molecule is CC(=O)SCCC=Cc1ccc(OC(F)F)cc1. The van der Waals surface area contributed by atoms with Gasteiger partial charge in [0.1, 0.15) is 5.75 Å². The summed E-state index contributed by atoms with van der Waals surface area (Å²) in [6.45, 7) is -1.26. The molecule has 0 heterocycles. The summed E-state index contributed by atoms with van der Waals surface area (Å²) in [5, 5.41) is 0.108. The van der Waals surface area contributed by atoms with Crippen molar-refractivity contribution in [3.8, 4) is 5.75 Å². The summed E-state index contributed by atoms with van der Waals surface area (Å²) in [6.07, 6.45) is 4.62. The van der Waals surface area contributed by atoms with Crippen LogP contribution in [0.1, 0.15) is 18.9 Å². The number of allylic oxidation sites excluding steroid dienone is 1. The van der Waals surface area contributed by atoms with Crippen molar-refractivity contribution in [2.75, 3.05) is 5.75 Å². The average Bonchev–Trinajstić information content (AvgIpc) is 2.30. The van der Waals surface area contributed by atoms with Crippen LogP contribution in [0.5, 0.6) is 5.75 Å². The summed E-state index contributed by atoms with van der Waals surface area (Å²) in [7, 11) is 0. The van der Waals surface area contributed by atoms with Crippen molar-refractivity contribution in [2.45, 2.75) is 20.0 Å². The van der Waals surface area contributed by atoms with Crippen LogP contribution in [-0.4, -0.2) is 17.5 Å². The Kier molecular flexibility index (Phi) is 6.43. The van der Waals surface area contributed by atoms with E-state index in [4.69, 9.17) is 0 Å². The molecule has 0 aliphatic rings. The second-order valence-corrected chi connectivity index (χ2v) is 4.75. The van der Waals surface area contributed by atoms with Crippen LogP contribution >= 0.6 is 11.8 Å². The minimum absolute atomic E-state index is 0.108. The van der Waals surface area contributed by atoms with Gasteiger partial charge in [0, 0.05) is 12.7 Å². The lowest BCUT2D eigenvalue weighted by Crippen LogP contribution is -2.01. The Morgan fingerprint density at radius 3 is 2.61 bits per heavy atom. The maximum atomic E-state index is 11.9. The van der Waals surface area contributed by atoms with Gasteiger partial charge < -0.3 is 4.74 Å². The molecule has 0 saturated heterocycles. The van der Waals surface area contributed by atoms with Gasteiger partial charge in [0.25, 0.3) is 0 Å². The van der Waals surface area contributed by atoms with Crippen LogP contribution in [0.25, 0.3) is 6.08 Å². The third kappa shape index (κ3) is 6.39. The van der Waals surface area contributed by atoms with E-state index in [0.717, 1.165) is 17.7 Å². The Balaban J connectivity index is 2.38. The van der Waals surface area contributed by atoms with E-state index in [0.29, 0.717) is 0 Å². The average molecular weight is 272 g/mol. The predicted octanol–water partition coefficient (Wildman–Crippen LogP) is 3.97. The molecule has 98 valence electrons. The molecule has 1 rings (SSSR count). The minimum atomic E-state index is -2.80. The molecule has 0 spiro atoms. The van der Waals surface area contributed by atoms with Gasteiger partial charge >= 0.3 is 6.61 Å². The standard InChI is InChI=1S/C13H14F2O2S/c1-10(16)18-9-3-2-4-11-5-7-12(8-6-11)17-13(14)15/h2,4-8,13H,3,9H2,1H3. The smallest absolute Gasteiger partial charge is 0.387 e. The summed E-state index contributed by atoms with van der Waals surface area (Å²) in [6, 6.07) is 6.39. The maximum absolute atomic E-state index is 11.9. The van der Waals surface area contributed by atoms with Crippen molar-refractivity contribution in [1.82, 2.24) is 0 Å². The number of hydrogen-bond donors (Lipinski definition) is 0. The second kappa shape index (κ2) is 7.87. The number of thioether (sulfide) groups is 1. The van der Waals surface area contributed by atoms with Gasteiger partial charge in [-0.2, -0.15) is 8.78 Å². The Bertz CT molecular complexity index is 402. The topological polar surface area (TPSA) is 26.3 Å². The zero-order valence-electron chi connectivity index (χ0n) is 9.94. The molecule has 0 saturated carbocycles. The van der Waals surface area contributed by atoms with Gasteiger partial charge in [-0.25, -0.2) is 0 Å². The zero-order valence-corrected chi connectivity index (χ0v) is 10.8. The van der Waals surface area contributed by atoms with Crippen LogP contribution in [0.2, 0.25) is 0 Å². The molecule has 0 amide bonds. The number of alkyl halides is 2. The van der Waals surface area contributed by atoms with Crippen LogP contribution < -0.4 is 4.74 Å². The molecule has 0 aliphatic heterocycles. The van der Waals surface area contributed by atoms with Gasteiger partial charge in [-0.1, -0.05) is 36.0 Å². The monoisotopic (exact) mass is 272 g/mol. The van der Waals surface area contributed by atoms with Crippen LogP contribution in [0.3, 0.4) is 0 Å². The highest BCUT2D eigenvalue weighted by Gasteiger charge is 2.02. The van der Waals surface area contributed by atoms with Crippen LogP contribution in [0.4, 0.5) is 8.78 Å². The van der Waals surface area contributed by atoms with Crippen molar-refractivity contribution in [3.05, 3.63) is 35.9 Å². The summed E-state index contributed by atoms with van der Waals surface area (Å²) >= 11 is 1.28. The third-order valence-corrected chi connectivity index (χ3v) is 2.85. The Morgan fingerprint density at radius 1 is 1.39 bits per heavy atom. The van der Waals surface area contributed by atoms with Gasteiger partial charge in [-0.05, 0) is 24.1 Å². The van der Waals surface area contributed by atoms with E-state index in [2.05, 4.69) is 4.74 Å². The van der Waals surface area contributed by atoms with E-state index in [1.54, 1.807) is 12.1 Å². The lowest BCUT2D eigenvalue weighted by Gasteiger charge is -2.03. The van der Waals surface area contributed by atoms with E-state index in [1.807, 2.05) is 12.2 Å². The van der Waals surface area contributed by atoms with Crippen LogP contribution in [0, 0.1) is 0 Å². The van der Waals surface area contributed by atoms with Crippen molar-refractivity contribution in [3.63, 3.8) is 0 Å². The molecule has 0 fully saturated rings. The molecule has 5 heteroatoms. The van der Waals surface area contributed by atoms with Crippen molar-refractivity contribution >= 4 is 23.0 Å². The predicted molar refractivity (Wildman–Crippen MR) is 69.9 cm³/mol. The fourth-order valence-corrected chi connectivity index (χ4v) is 1.79. The first-order valence-corrected chi connectivity index (χ1v) is 6.41. The largest absolute Gasteiger partial charge is 0.435 e. The van der Waals surface area contributed by atoms with Crippen molar-refractivity contribution in [2.24, 2.45) is 0 Å². The number of benzene rings is 1. The van der Waals surface area contributed by atoms with E-state index < -0.39 is 6.61 Å². The molecule has 0 atom stereocenters. The summed E-state index contributed by atoms with van der Waals surface area (Å²) in [5.41, 5.74) is 0.907. The molecule has 0 N–H and O–H groups in total. The van der Waals surface area contributed by atoms with E-state index in [-0.39, 0.29) is 10.9 Å². The lowest BCUT2D eigenvalue weighted by atomic mass is 10.2. The number of carbonyl (C=O) groups excluding carboxylic acids is 1. The summed E-state index contributed by atoms with van der Waals surface area (Å²) in [5.74, 6) is 0.896. The zero-order chi connectivity index (χ0) is 13.4. The highest BCUT2D eigenvalue weighted by Crippen LogP contribution is 2.16. The Morgan fingerprint density at radius 2 is 2.06 bits per heavy atom. The summed E-state index contributed by atoms with van der Waals surface area (Å²) in [4.78, 5) is 10.7. The molecule has 2 nitrogen and oxygen atoms in total. The Hall–Kier alpha value is -1.36. The first kappa shape index (κ1) is 14.7. The lowest BCUT2D eigenvalue weighted by molar-refractivity contribution is -0.109. The van der Waals surface area contributed by atoms with Gasteiger partial charge in [-0.3, -0.25) is 4.79 Å². The van der Waals surface area contributed by atoms with Crippen molar-refractivity contribution < 1.29 is 18.3 Å². The number of rotatable bonds is 6. The van der Waals surface area contributed by atoms with Crippen LogP contribution in [-0.2, 0) is 4.79 Å². The van der Waals surface area contributed by atoms with Gasteiger partial charge in [0.2, 0.25) is 0 Å². The van der Waals surface area contributed by atoms with E-state index >= 15 is 0 Å². The molecule has 0 unspecified atom stereocenters. The van der Waals surface area contributed by atoms with E-state index in [9.17, 15) is 13.6 Å². The molecule has 1 aromatic rings. The number of hydrogen-bond acceptors (Lipinski definition) is 3. The van der Waals surface area contributed by atoms with Gasteiger partial charge in [-0.15, -0.1) is 0 Å². The van der Waals surface area contributed by atoms with E-state index in [1.165, 1.54) is 30.8 Å². The highest BCUT2D eigenvalue weighted by atomic mass is 32.2. The fourth-order valence-electron chi connectivity index (χ4n) is 1.25. The first-order chi connectivity index (χ1) is 8.58. The molecule has 18 heavy (non-hydrogen) atoms. The molecular formula is C13H14F2O2S. The second-order valence-electron chi connectivity index (χ2n) is 3.48. The minimum Gasteiger partial charge on any atom is -0.435 e. The maximum Gasteiger partial charge on any atom is 0.387 e. The molecule has 0 aliphatic carbocycles. The van der Waals surface area contributed by atoms with Crippen molar-refractivity contribution in [1.29, 1.82) is 0 Å². The fraction of sp³-hybridized carbons (Fsp3) is 0.308. The summed E-state index contributed by atoms with van der Waals surface area (Å²) < 4.78 is 28.1. The molecular weight excluding hydrogens is 258 g/mol. The number of ether oxygens (including phenoxy) is 1. The molecule has 0 aromatic heterocycles. The van der Waals surface area contributed by atoms with Crippen LogP contribution in [0.15, 0.2) is 30.3 Å². The van der Waals surface area contributed by atoms with Gasteiger partial charge in [0.05, 0.1) is 0 Å². The molecule has 0 bridgehead atoms. The number of halogens is 2. The molecule has 0 radical (unpaired) electrons. The van der Waals surface area contributed by atoms with Gasteiger partial charge in [0.15, 0.2) is 5.12 Å². The quantitative estimate of drug-likeness (QED) is 0.733. The first-order valence-electron chi connectivity index (χ1n) is 5.42. The molecule has 1 aromatic carbocycles. The third-order valence-electron chi connectivity index (χ3n) is 2.01. The Labute approximate surface area is 109 Å². The highest BCUT2D eigenvalue weighted by molar-refractivity contribution is 8.13.